The topological polar surface area (TPSA) is 86.0 Å². The first-order valence-electron chi connectivity index (χ1n) is 7.23. The van der Waals surface area contributed by atoms with E-state index in [1.165, 1.54) is 32.6 Å². The van der Waals surface area contributed by atoms with Crippen LogP contribution in [0.15, 0.2) is 35.4 Å². The first-order valence-corrected chi connectivity index (χ1v) is 7.23. The lowest BCUT2D eigenvalue weighted by Crippen LogP contribution is -2.00. The van der Waals surface area contributed by atoms with Crippen molar-refractivity contribution < 1.29 is 14.4 Å². The smallest absolute Gasteiger partial charge is 0.282 e. The van der Waals surface area contributed by atoms with Crippen molar-refractivity contribution in [1.82, 2.24) is 0 Å². The third-order valence-corrected chi connectivity index (χ3v) is 3.50. The van der Waals surface area contributed by atoms with Crippen molar-refractivity contribution in [2.45, 2.75) is 13.8 Å². The second kappa shape index (κ2) is 7.45. The van der Waals surface area contributed by atoms with Gasteiger partial charge in [0.2, 0.25) is 0 Å². The van der Waals surface area contributed by atoms with E-state index < -0.39 is 4.92 Å². The number of anilines is 1. The highest BCUT2D eigenvalue weighted by atomic mass is 16.6. The molecular formula is C17H19N3O4. The van der Waals surface area contributed by atoms with Crippen molar-refractivity contribution in [2.75, 3.05) is 19.6 Å². The lowest BCUT2D eigenvalue weighted by molar-refractivity contribution is -0.385. The number of hydrogen-bond acceptors (Lipinski definition) is 6. The van der Waals surface area contributed by atoms with E-state index in [9.17, 15) is 10.1 Å². The van der Waals surface area contributed by atoms with Gasteiger partial charge in [-0.2, -0.15) is 5.10 Å². The van der Waals surface area contributed by atoms with Gasteiger partial charge in [-0.05, 0) is 31.5 Å². The van der Waals surface area contributed by atoms with Crippen LogP contribution in [0.4, 0.5) is 11.4 Å². The van der Waals surface area contributed by atoms with Gasteiger partial charge in [0, 0.05) is 0 Å². The van der Waals surface area contributed by atoms with Crippen LogP contribution in [0, 0.1) is 24.0 Å². The number of nitrogens with zero attached hydrogens (tertiary/aromatic N) is 2. The molecule has 2 aromatic carbocycles. The number of benzene rings is 2. The van der Waals surface area contributed by atoms with E-state index in [0.717, 1.165) is 16.8 Å². The maximum absolute atomic E-state index is 11.2. The summed E-state index contributed by atoms with van der Waals surface area (Å²) in [6.45, 7) is 3.97. The average Bonchev–Trinajstić information content (AvgIpc) is 2.56. The van der Waals surface area contributed by atoms with Crippen molar-refractivity contribution in [2.24, 2.45) is 5.10 Å². The van der Waals surface area contributed by atoms with Crippen LogP contribution in [-0.4, -0.2) is 25.4 Å². The second-order valence-corrected chi connectivity index (χ2v) is 5.21. The van der Waals surface area contributed by atoms with Crippen molar-refractivity contribution in [3.05, 3.63) is 57.1 Å². The van der Waals surface area contributed by atoms with Gasteiger partial charge in [-0.1, -0.05) is 17.7 Å². The van der Waals surface area contributed by atoms with Crippen LogP contribution in [-0.2, 0) is 0 Å². The zero-order valence-electron chi connectivity index (χ0n) is 14.0. The molecule has 126 valence electrons. The van der Waals surface area contributed by atoms with Crippen LogP contribution in [0.2, 0.25) is 0 Å². The number of rotatable bonds is 6. The van der Waals surface area contributed by atoms with Crippen LogP contribution in [0.1, 0.15) is 16.7 Å². The summed E-state index contributed by atoms with van der Waals surface area (Å²) in [5.41, 5.74) is 6.12. The van der Waals surface area contributed by atoms with Crippen LogP contribution < -0.4 is 14.9 Å². The Labute approximate surface area is 140 Å². The molecule has 24 heavy (non-hydrogen) atoms. The molecule has 0 amide bonds. The summed E-state index contributed by atoms with van der Waals surface area (Å²) < 4.78 is 10.3. The fourth-order valence-corrected chi connectivity index (χ4v) is 2.26. The molecule has 0 spiro atoms. The lowest BCUT2D eigenvalue weighted by atomic mass is 10.1. The van der Waals surface area contributed by atoms with E-state index in [4.69, 9.17) is 9.47 Å². The van der Waals surface area contributed by atoms with Gasteiger partial charge in [0.15, 0.2) is 11.5 Å². The summed E-state index contributed by atoms with van der Waals surface area (Å²) in [7, 11) is 2.90. The first-order chi connectivity index (χ1) is 11.5. The Morgan fingerprint density at radius 3 is 2.38 bits per heavy atom. The second-order valence-electron chi connectivity index (χ2n) is 5.21. The fourth-order valence-electron chi connectivity index (χ4n) is 2.26. The number of hydrazone groups is 1. The molecule has 0 saturated heterocycles. The predicted molar refractivity (Wildman–Crippen MR) is 93.3 cm³/mol. The lowest BCUT2D eigenvalue weighted by Gasteiger charge is -2.09. The monoisotopic (exact) mass is 329 g/mol. The highest BCUT2D eigenvalue weighted by Crippen LogP contribution is 2.33. The van der Waals surface area contributed by atoms with Gasteiger partial charge in [-0.3, -0.25) is 15.5 Å². The molecule has 0 aliphatic heterocycles. The molecule has 0 fully saturated rings. The fraction of sp³-hybridized carbons (Fsp3) is 0.235. The zero-order chi connectivity index (χ0) is 17.7. The molecule has 0 aromatic heterocycles. The van der Waals surface area contributed by atoms with E-state index in [2.05, 4.69) is 10.5 Å². The minimum Gasteiger partial charge on any atom is -0.493 e. The Kier molecular flexibility index (Phi) is 5.36. The predicted octanol–water partition coefficient (Wildman–Crippen LogP) is 3.67. The van der Waals surface area contributed by atoms with Crippen molar-refractivity contribution >= 4 is 17.6 Å². The molecule has 0 saturated carbocycles. The number of nitrogens with one attached hydrogen (secondary N) is 1. The molecule has 0 radical (unpaired) electrons. The normalized spacial score (nSPS) is 10.7. The molecule has 0 atom stereocenters. The molecule has 7 nitrogen and oxygen atoms in total. The van der Waals surface area contributed by atoms with Crippen molar-refractivity contribution in [1.29, 1.82) is 0 Å². The number of aryl methyl sites for hydroxylation is 2. The summed E-state index contributed by atoms with van der Waals surface area (Å²) in [5.74, 6) is 0.694. The summed E-state index contributed by atoms with van der Waals surface area (Å²) in [4.78, 5) is 10.8. The summed E-state index contributed by atoms with van der Waals surface area (Å²) >= 11 is 0. The maximum Gasteiger partial charge on any atom is 0.282 e. The Morgan fingerprint density at radius 1 is 1.12 bits per heavy atom. The standard InChI is InChI=1S/C17H19N3O4/c1-11-5-6-14(12(2)7-11)19-18-10-13-8-16(23-3)17(24-4)9-15(13)20(21)22/h5-10,19H,1-4H3/b18-10+. The van der Waals surface area contributed by atoms with Gasteiger partial charge in [-0.25, -0.2) is 0 Å². The van der Waals surface area contributed by atoms with E-state index in [0.29, 0.717) is 17.1 Å². The summed E-state index contributed by atoms with van der Waals surface area (Å²) in [6, 6.07) is 8.73. The number of nitro groups is 1. The molecule has 7 heteroatoms. The largest absolute Gasteiger partial charge is 0.493 e. The summed E-state index contributed by atoms with van der Waals surface area (Å²) in [6.07, 6.45) is 1.39. The highest BCUT2D eigenvalue weighted by molar-refractivity contribution is 5.87. The molecule has 1 N–H and O–H groups in total. The number of methoxy groups -OCH3 is 2. The summed E-state index contributed by atoms with van der Waals surface area (Å²) in [5, 5.41) is 15.3. The van der Waals surface area contributed by atoms with Crippen LogP contribution >= 0.6 is 0 Å². The van der Waals surface area contributed by atoms with Crippen molar-refractivity contribution in [3.63, 3.8) is 0 Å². The van der Waals surface area contributed by atoms with Gasteiger partial charge in [0.25, 0.3) is 5.69 Å². The average molecular weight is 329 g/mol. The molecule has 0 unspecified atom stereocenters. The highest BCUT2D eigenvalue weighted by Gasteiger charge is 2.18. The Morgan fingerprint density at radius 2 is 1.79 bits per heavy atom. The van der Waals surface area contributed by atoms with Crippen LogP contribution in [0.5, 0.6) is 11.5 Å². The van der Waals surface area contributed by atoms with E-state index in [-0.39, 0.29) is 5.69 Å². The Balaban J connectivity index is 2.31. The molecule has 0 bridgehead atoms. The molecule has 0 aliphatic rings. The SMILES string of the molecule is COc1cc(/C=N/Nc2ccc(C)cc2C)c([N+](=O)[O-])cc1OC. The molecule has 0 heterocycles. The number of nitro benzene ring substituents is 1. The number of ether oxygens (including phenoxy) is 2. The van der Waals surface area contributed by atoms with Gasteiger partial charge < -0.3 is 9.47 Å². The quantitative estimate of drug-likeness (QED) is 0.496. The Bertz CT molecular complexity index is 788. The molecule has 2 aromatic rings. The van der Waals surface area contributed by atoms with Gasteiger partial charge in [0.05, 0.1) is 42.7 Å². The molecule has 0 aliphatic carbocycles. The number of hydrogen-bond donors (Lipinski definition) is 1. The van der Waals surface area contributed by atoms with Gasteiger partial charge in [0.1, 0.15) is 0 Å². The third-order valence-electron chi connectivity index (χ3n) is 3.50. The van der Waals surface area contributed by atoms with E-state index in [1.807, 2.05) is 32.0 Å². The minimum absolute atomic E-state index is 0.112. The van der Waals surface area contributed by atoms with Gasteiger partial charge >= 0.3 is 0 Å². The molecule has 2 rings (SSSR count). The van der Waals surface area contributed by atoms with E-state index in [1.54, 1.807) is 0 Å². The van der Waals surface area contributed by atoms with Crippen LogP contribution in [0.3, 0.4) is 0 Å². The minimum atomic E-state index is -0.486. The van der Waals surface area contributed by atoms with Crippen LogP contribution in [0.25, 0.3) is 0 Å². The van der Waals surface area contributed by atoms with Crippen molar-refractivity contribution in [3.8, 4) is 11.5 Å². The first kappa shape index (κ1) is 17.3. The third kappa shape index (κ3) is 3.81. The Hall–Kier alpha value is -3.09. The molecular weight excluding hydrogens is 310 g/mol. The zero-order valence-corrected chi connectivity index (χ0v) is 14.0. The maximum atomic E-state index is 11.2. The van der Waals surface area contributed by atoms with E-state index >= 15 is 0 Å². The van der Waals surface area contributed by atoms with Gasteiger partial charge in [-0.15, -0.1) is 0 Å².